The van der Waals surface area contributed by atoms with Gasteiger partial charge in [0.2, 0.25) is 0 Å². The van der Waals surface area contributed by atoms with Gasteiger partial charge in [-0.15, -0.1) is 0 Å². The van der Waals surface area contributed by atoms with Gasteiger partial charge >= 0.3 is 6.03 Å². The number of nitrogens with zero attached hydrogens (tertiary/aromatic N) is 3. The number of urea groups is 1. The molecule has 2 heterocycles. The molecule has 0 spiro atoms. The van der Waals surface area contributed by atoms with Crippen molar-refractivity contribution in [2.75, 3.05) is 45.7 Å². The normalized spacial score (nSPS) is 21.5. The van der Waals surface area contributed by atoms with Crippen molar-refractivity contribution in [2.24, 2.45) is 5.92 Å². The number of anilines is 1. The monoisotopic (exact) mass is 497 g/mol. The molecule has 196 valence electrons. The van der Waals surface area contributed by atoms with Crippen LogP contribution in [0.5, 0.6) is 5.75 Å². The molecular formula is C27H39N5O4. The lowest BCUT2D eigenvalue weighted by Gasteiger charge is -2.36. The number of hydrogen-bond acceptors (Lipinski definition) is 6. The van der Waals surface area contributed by atoms with Crippen molar-refractivity contribution >= 4 is 17.6 Å². The Morgan fingerprint density at radius 3 is 2.64 bits per heavy atom. The molecule has 9 heteroatoms. The number of likely N-dealkylation sites (N-methyl/N-ethyl adjacent to an activating group) is 1. The zero-order valence-electron chi connectivity index (χ0n) is 22.0. The highest BCUT2D eigenvalue weighted by atomic mass is 16.5. The third kappa shape index (κ3) is 7.41. The molecule has 3 amide bonds. The first-order chi connectivity index (χ1) is 17.3. The van der Waals surface area contributed by atoms with Crippen molar-refractivity contribution in [1.29, 1.82) is 0 Å². The number of carbonyl (C=O) groups is 2. The van der Waals surface area contributed by atoms with Gasteiger partial charge in [-0.05, 0) is 49.1 Å². The van der Waals surface area contributed by atoms with Gasteiger partial charge in [0.25, 0.3) is 5.91 Å². The molecule has 0 unspecified atom stereocenters. The molecule has 3 atom stereocenters. The van der Waals surface area contributed by atoms with Crippen LogP contribution in [-0.2, 0) is 11.3 Å². The number of pyridine rings is 1. The molecule has 0 saturated heterocycles. The number of fused-ring (bicyclic) bond motifs is 1. The zero-order chi connectivity index (χ0) is 26.1. The third-order valence-electron chi connectivity index (χ3n) is 6.50. The third-order valence-corrected chi connectivity index (χ3v) is 6.50. The fourth-order valence-electron chi connectivity index (χ4n) is 4.28. The first-order valence-corrected chi connectivity index (χ1v) is 12.5. The number of benzene rings is 1. The summed E-state index contributed by atoms with van der Waals surface area (Å²) in [4.78, 5) is 33.7. The highest BCUT2D eigenvalue weighted by Gasteiger charge is 2.28. The van der Waals surface area contributed by atoms with E-state index in [0.29, 0.717) is 36.7 Å². The number of amides is 3. The van der Waals surface area contributed by atoms with Crippen LogP contribution >= 0.6 is 0 Å². The number of methoxy groups -OCH3 is 1. The second-order valence-corrected chi connectivity index (χ2v) is 9.47. The van der Waals surface area contributed by atoms with E-state index in [4.69, 9.17) is 9.47 Å². The van der Waals surface area contributed by atoms with Gasteiger partial charge in [0, 0.05) is 70.5 Å². The van der Waals surface area contributed by atoms with E-state index in [0.717, 1.165) is 19.5 Å². The van der Waals surface area contributed by atoms with E-state index in [2.05, 4.69) is 34.4 Å². The Morgan fingerprint density at radius 2 is 1.94 bits per heavy atom. The lowest BCUT2D eigenvalue weighted by Crippen LogP contribution is -2.46. The van der Waals surface area contributed by atoms with Gasteiger partial charge < -0.3 is 25.0 Å². The summed E-state index contributed by atoms with van der Waals surface area (Å²) in [6.45, 7) is 9.20. The Kier molecular flexibility index (Phi) is 10.1. The second kappa shape index (κ2) is 13.2. The molecule has 3 rings (SSSR count). The minimum atomic E-state index is -0.290. The van der Waals surface area contributed by atoms with Crippen molar-refractivity contribution < 1.29 is 19.1 Å². The molecule has 9 nitrogen and oxygen atoms in total. The fraction of sp³-hybridized carbons (Fsp3) is 0.519. The van der Waals surface area contributed by atoms with E-state index >= 15 is 0 Å². The van der Waals surface area contributed by atoms with Crippen molar-refractivity contribution in [3.05, 3.63) is 53.9 Å². The molecule has 0 saturated carbocycles. The molecule has 2 N–H and O–H groups in total. The molecule has 0 aliphatic carbocycles. The lowest BCUT2D eigenvalue weighted by atomic mass is 10.0. The molecule has 36 heavy (non-hydrogen) atoms. The van der Waals surface area contributed by atoms with Crippen LogP contribution in [0.1, 0.15) is 43.1 Å². The number of nitrogens with one attached hydrogen (secondary N) is 2. The van der Waals surface area contributed by atoms with Gasteiger partial charge in [-0.2, -0.15) is 0 Å². The Hall–Kier alpha value is -3.17. The lowest BCUT2D eigenvalue weighted by molar-refractivity contribution is 0.00921. The molecule has 1 aromatic heterocycles. The fourth-order valence-corrected chi connectivity index (χ4v) is 4.28. The quantitative estimate of drug-likeness (QED) is 0.633. The highest BCUT2D eigenvalue weighted by Crippen LogP contribution is 2.27. The maximum absolute atomic E-state index is 13.4. The minimum absolute atomic E-state index is 0.0581. The summed E-state index contributed by atoms with van der Waals surface area (Å²) < 4.78 is 12.1. The summed E-state index contributed by atoms with van der Waals surface area (Å²) in [6.07, 6.45) is 4.32. The first-order valence-electron chi connectivity index (χ1n) is 12.5. The molecule has 1 aliphatic rings. The van der Waals surface area contributed by atoms with Crippen molar-refractivity contribution in [2.45, 2.75) is 45.9 Å². The summed E-state index contributed by atoms with van der Waals surface area (Å²) in [7, 11) is 3.47. The van der Waals surface area contributed by atoms with Crippen LogP contribution < -0.4 is 15.4 Å². The highest BCUT2D eigenvalue weighted by molar-refractivity contribution is 5.98. The van der Waals surface area contributed by atoms with Crippen LogP contribution in [0.3, 0.4) is 0 Å². The number of carbonyl (C=O) groups excluding carboxylic acids is 2. The van der Waals surface area contributed by atoms with Crippen molar-refractivity contribution in [1.82, 2.24) is 20.1 Å². The van der Waals surface area contributed by atoms with Gasteiger partial charge in [0.15, 0.2) is 0 Å². The van der Waals surface area contributed by atoms with Gasteiger partial charge in [-0.1, -0.05) is 13.8 Å². The van der Waals surface area contributed by atoms with E-state index in [9.17, 15) is 9.59 Å². The van der Waals surface area contributed by atoms with Gasteiger partial charge in [0.1, 0.15) is 12.4 Å². The molecule has 0 bridgehead atoms. The van der Waals surface area contributed by atoms with E-state index in [1.807, 2.05) is 19.1 Å². The van der Waals surface area contributed by atoms with Gasteiger partial charge in [0.05, 0.1) is 11.7 Å². The van der Waals surface area contributed by atoms with Crippen LogP contribution in [0, 0.1) is 5.92 Å². The Balaban J connectivity index is 1.90. The Morgan fingerprint density at radius 1 is 1.19 bits per heavy atom. The van der Waals surface area contributed by atoms with E-state index in [1.165, 1.54) is 5.56 Å². The number of ether oxygens (including phenoxy) is 2. The predicted octanol–water partition coefficient (Wildman–Crippen LogP) is 3.62. The smallest absolute Gasteiger partial charge is 0.319 e. The zero-order valence-corrected chi connectivity index (χ0v) is 22.0. The summed E-state index contributed by atoms with van der Waals surface area (Å²) in [5, 5.41) is 5.62. The average Bonchev–Trinajstić information content (AvgIpc) is 2.88. The van der Waals surface area contributed by atoms with Crippen LogP contribution in [0.25, 0.3) is 0 Å². The minimum Gasteiger partial charge on any atom is -0.491 e. The maximum Gasteiger partial charge on any atom is 0.319 e. The Bertz CT molecular complexity index is 1000. The Labute approximate surface area is 214 Å². The molecule has 1 aromatic carbocycles. The molecule has 0 radical (unpaired) electrons. The van der Waals surface area contributed by atoms with Crippen molar-refractivity contribution in [3.63, 3.8) is 0 Å². The molecular weight excluding hydrogens is 458 g/mol. The second-order valence-electron chi connectivity index (χ2n) is 9.47. The van der Waals surface area contributed by atoms with E-state index in [-0.39, 0.29) is 30.0 Å². The van der Waals surface area contributed by atoms with Gasteiger partial charge in [-0.25, -0.2) is 4.79 Å². The predicted molar refractivity (Wildman–Crippen MR) is 140 cm³/mol. The van der Waals surface area contributed by atoms with E-state index < -0.39 is 0 Å². The van der Waals surface area contributed by atoms with Crippen LogP contribution in [0.15, 0.2) is 42.7 Å². The largest absolute Gasteiger partial charge is 0.491 e. The van der Waals surface area contributed by atoms with Crippen LogP contribution in [0.4, 0.5) is 10.5 Å². The van der Waals surface area contributed by atoms with E-state index in [1.54, 1.807) is 49.7 Å². The molecule has 0 fully saturated rings. The maximum atomic E-state index is 13.4. The topological polar surface area (TPSA) is 96.0 Å². The SMILES string of the molecule is CCCNC(=O)Nc1ccc2c(c1)OC[C@@H](C)N(Cc1ccncc1)C[C@H](C)[C@@H](OC)CN(C)C2=O. The number of hydrogen-bond donors (Lipinski definition) is 2. The van der Waals surface area contributed by atoms with Gasteiger partial charge in [-0.3, -0.25) is 14.7 Å². The molecule has 1 aliphatic heterocycles. The first kappa shape index (κ1) is 27.4. The van der Waals surface area contributed by atoms with Crippen LogP contribution in [-0.4, -0.2) is 79.3 Å². The van der Waals surface area contributed by atoms with Crippen LogP contribution in [0.2, 0.25) is 0 Å². The summed E-state index contributed by atoms with van der Waals surface area (Å²) in [5.41, 5.74) is 2.19. The summed E-state index contributed by atoms with van der Waals surface area (Å²) >= 11 is 0. The van der Waals surface area contributed by atoms with Crippen molar-refractivity contribution in [3.8, 4) is 5.75 Å². The average molecular weight is 498 g/mol. The molecule has 2 aromatic rings. The summed E-state index contributed by atoms with van der Waals surface area (Å²) in [5.74, 6) is 0.475. The number of aromatic nitrogens is 1. The number of rotatable bonds is 6. The summed E-state index contributed by atoms with van der Waals surface area (Å²) in [6, 6.07) is 8.96. The standard InChI is InChI=1S/C27H39N5O4/c1-6-11-29-27(34)30-22-7-8-23-24(14-22)36-18-20(3)32(16-21-9-12-28-13-10-21)15-19(2)25(35-5)17-31(4)26(23)33/h7-10,12-14,19-20,25H,6,11,15-18H2,1-5H3,(H2,29,30,34)/t19-,20+,25-/m0/s1.